The van der Waals surface area contributed by atoms with Crippen LogP contribution in [-0.2, 0) is 15.6 Å². The van der Waals surface area contributed by atoms with Crippen molar-refractivity contribution in [2.45, 2.75) is 64.8 Å². The minimum atomic E-state index is -0.906. The van der Waals surface area contributed by atoms with Crippen molar-refractivity contribution in [3.63, 3.8) is 0 Å². The van der Waals surface area contributed by atoms with Gasteiger partial charge in [0.15, 0.2) is 5.96 Å². The lowest BCUT2D eigenvalue weighted by atomic mass is 9.96. The largest absolute Gasteiger partial charge is 0.355 e. The number of piperazine rings is 1. The van der Waals surface area contributed by atoms with Crippen LogP contribution in [0.3, 0.4) is 0 Å². The van der Waals surface area contributed by atoms with E-state index < -0.39 is 10.8 Å². The zero-order valence-electron chi connectivity index (χ0n) is 16.5. The second kappa shape index (κ2) is 7.85. The molecule has 0 aromatic rings. The van der Waals surface area contributed by atoms with Gasteiger partial charge in [-0.25, -0.2) is 0 Å². The van der Waals surface area contributed by atoms with Gasteiger partial charge >= 0.3 is 0 Å². The summed E-state index contributed by atoms with van der Waals surface area (Å²) in [6.45, 7) is 15.8. The van der Waals surface area contributed by atoms with Crippen molar-refractivity contribution >= 4 is 22.7 Å². The van der Waals surface area contributed by atoms with Crippen molar-refractivity contribution in [1.29, 1.82) is 0 Å². The van der Waals surface area contributed by atoms with Crippen LogP contribution >= 0.6 is 0 Å². The van der Waals surface area contributed by atoms with Crippen LogP contribution in [0.4, 0.5) is 0 Å². The molecule has 1 heterocycles. The average molecular weight is 359 g/mol. The summed E-state index contributed by atoms with van der Waals surface area (Å²) in [7, 11) is 0.812. The number of hydrogen-bond acceptors (Lipinski definition) is 3. The SMILES string of the molecule is CN=C(NCCS(=O)C(C)(C)C)N1CC(=O)N(C(C)C)C(C)(C)C1. The molecule has 1 aliphatic rings. The Labute approximate surface area is 149 Å². The Bertz CT molecular complexity index is 509. The van der Waals surface area contributed by atoms with Crippen molar-refractivity contribution in [3.8, 4) is 0 Å². The molecule has 0 aliphatic carbocycles. The van der Waals surface area contributed by atoms with Crippen molar-refractivity contribution in [1.82, 2.24) is 15.1 Å². The molecule has 0 bridgehead atoms. The molecule has 1 aliphatic heterocycles. The normalized spacial score (nSPS) is 20.5. The zero-order chi connectivity index (χ0) is 18.7. The lowest BCUT2D eigenvalue weighted by molar-refractivity contribution is -0.145. The van der Waals surface area contributed by atoms with Crippen LogP contribution in [0.1, 0.15) is 48.5 Å². The molecule has 1 N–H and O–H groups in total. The Morgan fingerprint density at radius 2 is 1.96 bits per heavy atom. The molecule has 6 nitrogen and oxygen atoms in total. The Morgan fingerprint density at radius 1 is 1.38 bits per heavy atom. The number of nitrogens with zero attached hydrogens (tertiary/aromatic N) is 3. The number of rotatable bonds is 4. The van der Waals surface area contributed by atoms with Crippen molar-refractivity contribution < 1.29 is 9.00 Å². The topological polar surface area (TPSA) is 65.0 Å². The second-order valence-corrected chi connectivity index (χ2v) is 10.5. The quantitative estimate of drug-likeness (QED) is 0.610. The van der Waals surface area contributed by atoms with E-state index in [1.807, 2.05) is 44.4 Å². The minimum absolute atomic E-state index is 0.113. The lowest BCUT2D eigenvalue weighted by Crippen LogP contribution is -2.66. The summed E-state index contributed by atoms with van der Waals surface area (Å²) in [5.74, 6) is 1.37. The molecule has 1 amide bonds. The lowest BCUT2D eigenvalue weighted by Gasteiger charge is -2.49. The smallest absolute Gasteiger partial charge is 0.242 e. The van der Waals surface area contributed by atoms with Crippen LogP contribution in [0.2, 0.25) is 0 Å². The highest BCUT2D eigenvalue weighted by Gasteiger charge is 2.40. The maximum Gasteiger partial charge on any atom is 0.242 e. The van der Waals surface area contributed by atoms with E-state index >= 15 is 0 Å². The van der Waals surface area contributed by atoms with Crippen LogP contribution in [0.25, 0.3) is 0 Å². The van der Waals surface area contributed by atoms with Crippen LogP contribution in [0.5, 0.6) is 0 Å². The molecule has 140 valence electrons. The first-order valence-corrected chi connectivity index (χ1v) is 9.88. The van der Waals surface area contributed by atoms with Gasteiger partial charge in [-0.2, -0.15) is 0 Å². The van der Waals surface area contributed by atoms with E-state index in [1.165, 1.54) is 0 Å². The Balaban J connectivity index is 2.71. The van der Waals surface area contributed by atoms with Gasteiger partial charge in [-0.3, -0.25) is 14.0 Å². The molecule has 7 heteroatoms. The van der Waals surface area contributed by atoms with Gasteiger partial charge in [-0.1, -0.05) is 0 Å². The van der Waals surface area contributed by atoms with Crippen LogP contribution in [-0.4, -0.2) is 74.6 Å². The molecule has 1 unspecified atom stereocenters. The molecule has 1 rings (SSSR count). The van der Waals surface area contributed by atoms with Crippen molar-refractivity contribution in [2.24, 2.45) is 4.99 Å². The highest BCUT2D eigenvalue weighted by molar-refractivity contribution is 7.86. The van der Waals surface area contributed by atoms with Crippen molar-refractivity contribution in [3.05, 3.63) is 0 Å². The van der Waals surface area contributed by atoms with Crippen LogP contribution in [0, 0.1) is 0 Å². The van der Waals surface area contributed by atoms with Gasteiger partial charge in [0.05, 0.1) is 12.1 Å². The van der Waals surface area contributed by atoms with Crippen molar-refractivity contribution in [2.75, 3.05) is 32.4 Å². The van der Waals surface area contributed by atoms with E-state index in [0.717, 1.165) is 6.54 Å². The summed E-state index contributed by atoms with van der Waals surface area (Å²) in [6, 6.07) is 0.179. The molecule has 0 radical (unpaired) electrons. The molecule has 0 spiro atoms. The second-order valence-electron chi connectivity index (χ2n) is 8.16. The molecule has 0 saturated carbocycles. The first-order chi connectivity index (χ1) is 10.9. The summed E-state index contributed by atoms with van der Waals surface area (Å²) >= 11 is 0. The number of guanidine groups is 1. The number of carbonyl (C=O) groups is 1. The number of carbonyl (C=O) groups excluding carboxylic acids is 1. The van der Waals surface area contributed by atoms with Crippen LogP contribution in [0.15, 0.2) is 4.99 Å². The number of amides is 1. The maximum absolute atomic E-state index is 12.5. The monoisotopic (exact) mass is 358 g/mol. The third-order valence-electron chi connectivity index (χ3n) is 4.11. The Morgan fingerprint density at radius 3 is 2.38 bits per heavy atom. The Kier molecular flexibility index (Phi) is 6.84. The fraction of sp³-hybridized carbons (Fsp3) is 0.882. The average Bonchev–Trinajstić information content (AvgIpc) is 2.39. The molecule has 24 heavy (non-hydrogen) atoms. The van der Waals surface area contributed by atoms with Gasteiger partial charge < -0.3 is 15.1 Å². The summed E-state index contributed by atoms with van der Waals surface area (Å²) in [6.07, 6.45) is 0. The Hall–Kier alpha value is -1.11. The van der Waals surface area contributed by atoms with E-state index in [2.05, 4.69) is 24.2 Å². The van der Waals surface area contributed by atoms with E-state index in [4.69, 9.17) is 0 Å². The third-order valence-corrected chi connectivity index (χ3v) is 6.05. The van der Waals surface area contributed by atoms with E-state index in [9.17, 15) is 9.00 Å². The highest BCUT2D eigenvalue weighted by atomic mass is 32.2. The van der Waals surface area contributed by atoms with E-state index in [-0.39, 0.29) is 22.2 Å². The van der Waals surface area contributed by atoms with Gasteiger partial charge in [0.1, 0.15) is 0 Å². The standard InChI is InChI=1S/C17H34N4O2S/c1-13(2)21-14(22)11-20(12-17(21,6)7)15(18-8)19-9-10-24(23)16(3,4)5/h13H,9-12H2,1-8H3,(H,18,19). The summed E-state index contributed by atoms with van der Waals surface area (Å²) < 4.78 is 11.9. The molecular formula is C17H34N4O2S. The maximum atomic E-state index is 12.5. The summed E-state index contributed by atoms with van der Waals surface area (Å²) in [5, 5.41) is 3.26. The highest BCUT2D eigenvalue weighted by Crippen LogP contribution is 2.24. The summed E-state index contributed by atoms with van der Waals surface area (Å²) in [5.41, 5.74) is -0.255. The van der Waals surface area contributed by atoms with Gasteiger partial charge in [-0.15, -0.1) is 0 Å². The predicted molar refractivity (Wildman–Crippen MR) is 102 cm³/mol. The molecule has 0 aromatic carbocycles. The third kappa shape index (κ3) is 5.19. The van der Waals surface area contributed by atoms with E-state index in [1.54, 1.807) is 7.05 Å². The molecule has 1 saturated heterocycles. The zero-order valence-corrected chi connectivity index (χ0v) is 17.3. The predicted octanol–water partition coefficient (Wildman–Crippen LogP) is 1.44. The van der Waals surface area contributed by atoms with Gasteiger partial charge in [0.2, 0.25) is 5.91 Å². The molecule has 1 atom stereocenters. The van der Waals surface area contributed by atoms with E-state index in [0.29, 0.717) is 24.8 Å². The van der Waals surface area contributed by atoms with Gasteiger partial charge in [-0.05, 0) is 48.5 Å². The van der Waals surface area contributed by atoms with Gasteiger partial charge in [0, 0.05) is 47.5 Å². The first kappa shape index (κ1) is 20.9. The number of aliphatic imine (C=N–C) groups is 1. The van der Waals surface area contributed by atoms with Crippen LogP contribution < -0.4 is 5.32 Å². The summed E-state index contributed by atoms with van der Waals surface area (Å²) in [4.78, 5) is 20.8. The number of nitrogens with one attached hydrogen (secondary N) is 1. The van der Waals surface area contributed by atoms with Gasteiger partial charge in [0.25, 0.3) is 0 Å². The fourth-order valence-electron chi connectivity index (χ4n) is 3.21. The molecule has 0 aromatic heterocycles. The molecular weight excluding hydrogens is 324 g/mol. The fourth-order valence-corrected chi connectivity index (χ4v) is 4.11. The first-order valence-electron chi connectivity index (χ1n) is 8.56. The number of hydrogen-bond donors (Lipinski definition) is 1. The minimum Gasteiger partial charge on any atom is -0.355 e. The molecule has 1 fully saturated rings.